The molecule has 0 bridgehead atoms. The number of halogens is 3. The van der Waals surface area contributed by atoms with Crippen LogP contribution >= 0.6 is 0 Å². The van der Waals surface area contributed by atoms with E-state index in [2.05, 4.69) is 14.9 Å². The van der Waals surface area contributed by atoms with E-state index in [1.54, 1.807) is 12.1 Å². The molecule has 0 atom stereocenters. The lowest BCUT2D eigenvalue weighted by Gasteiger charge is -2.08. The van der Waals surface area contributed by atoms with Crippen LogP contribution in [0, 0.1) is 10.1 Å². The van der Waals surface area contributed by atoms with Crippen molar-refractivity contribution in [1.82, 2.24) is 10.2 Å². The molecule has 0 radical (unpaired) electrons. The Kier molecular flexibility index (Phi) is 4.88. The van der Waals surface area contributed by atoms with Gasteiger partial charge in [-0.3, -0.25) is 10.1 Å². The molecule has 0 saturated carbocycles. The Morgan fingerprint density at radius 2 is 1.81 bits per heavy atom. The lowest BCUT2D eigenvalue weighted by molar-refractivity contribution is -0.384. The standard InChI is InChI=1S/C17H10F3N3O4/c18-17(19,20)27-14-7-4-11(5-8-14)6-9-15-21-22-16(26-15)12-2-1-3-13(10-12)23(24)25/h1-10H/b9-6+. The second kappa shape index (κ2) is 7.28. The number of alkyl halides is 3. The van der Waals surface area contributed by atoms with E-state index in [0.717, 1.165) is 0 Å². The normalized spacial score (nSPS) is 11.7. The summed E-state index contributed by atoms with van der Waals surface area (Å²) in [7, 11) is 0. The number of hydrogen-bond acceptors (Lipinski definition) is 6. The summed E-state index contributed by atoms with van der Waals surface area (Å²) in [5.74, 6) is -0.0928. The highest BCUT2D eigenvalue weighted by molar-refractivity contribution is 5.67. The van der Waals surface area contributed by atoms with Crippen LogP contribution in [-0.2, 0) is 0 Å². The quantitative estimate of drug-likeness (QED) is 0.472. The summed E-state index contributed by atoms with van der Waals surface area (Å²) in [4.78, 5) is 10.3. The van der Waals surface area contributed by atoms with Crippen molar-refractivity contribution in [3.05, 3.63) is 70.1 Å². The first kappa shape index (κ1) is 18.1. The summed E-state index contributed by atoms with van der Waals surface area (Å²) in [6, 6.07) is 10.9. The molecular formula is C17H10F3N3O4. The van der Waals surface area contributed by atoms with E-state index in [1.165, 1.54) is 48.5 Å². The van der Waals surface area contributed by atoms with Crippen molar-refractivity contribution in [3.8, 4) is 17.2 Å². The molecule has 0 fully saturated rings. The number of nitro benzene ring substituents is 1. The summed E-state index contributed by atoms with van der Waals surface area (Å²) in [6.45, 7) is 0. The first-order chi connectivity index (χ1) is 12.8. The summed E-state index contributed by atoms with van der Waals surface area (Å²) >= 11 is 0. The third kappa shape index (κ3) is 4.91. The molecule has 0 aliphatic heterocycles. The smallest absolute Gasteiger partial charge is 0.417 e. The van der Waals surface area contributed by atoms with Gasteiger partial charge in [0, 0.05) is 23.8 Å². The Labute approximate surface area is 149 Å². The van der Waals surface area contributed by atoms with Crippen LogP contribution in [0.3, 0.4) is 0 Å². The van der Waals surface area contributed by atoms with E-state index in [4.69, 9.17) is 4.42 Å². The fraction of sp³-hybridized carbons (Fsp3) is 0.0588. The monoisotopic (exact) mass is 377 g/mol. The van der Waals surface area contributed by atoms with Gasteiger partial charge in [0.1, 0.15) is 5.75 Å². The SMILES string of the molecule is O=[N+]([O-])c1cccc(-c2nnc(/C=C/c3ccc(OC(F)(F)F)cc3)o2)c1. The van der Waals surface area contributed by atoms with Gasteiger partial charge in [0.2, 0.25) is 11.8 Å². The topological polar surface area (TPSA) is 91.3 Å². The molecule has 1 aromatic heterocycles. The van der Waals surface area contributed by atoms with E-state index in [-0.39, 0.29) is 23.2 Å². The second-order valence-electron chi connectivity index (χ2n) is 5.20. The fourth-order valence-corrected chi connectivity index (χ4v) is 2.12. The predicted molar refractivity (Wildman–Crippen MR) is 88.4 cm³/mol. The van der Waals surface area contributed by atoms with Gasteiger partial charge >= 0.3 is 6.36 Å². The predicted octanol–water partition coefficient (Wildman–Crippen LogP) is 4.71. The molecular weight excluding hydrogens is 367 g/mol. The van der Waals surface area contributed by atoms with Gasteiger partial charge in [0.05, 0.1) is 4.92 Å². The van der Waals surface area contributed by atoms with Crippen LogP contribution < -0.4 is 4.74 Å². The minimum Gasteiger partial charge on any atom is -0.417 e. The summed E-state index contributed by atoms with van der Waals surface area (Å²) in [6.07, 6.45) is -1.72. The Bertz CT molecular complexity index is 982. The van der Waals surface area contributed by atoms with E-state index in [1.807, 2.05) is 0 Å². The first-order valence-electron chi connectivity index (χ1n) is 7.42. The van der Waals surface area contributed by atoms with Crippen LogP contribution in [0.25, 0.3) is 23.6 Å². The average Bonchev–Trinajstić information content (AvgIpc) is 3.09. The van der Waals surface area contributed by atoms with Crippen molar-refractivity contribution in [2.24, 2.45) is 0 Å². The van der Waals surface area contributed by atoms with Gasteiger partial charge in [-0.15, -0.1) is 23.4 Å². The Morgan fingerprint density at radius 3 is 2.48 bits per heavy atom. The summed E-state index contributed by atoms with van der Waals surface area (Å²) in [5, 5.41) is 18.4. The zero-order valence-corrected chi connectivity index (χ0v) is 13.4. The molecule has 1 heterocycles. The number of non-ortho nitro benzene ring substituents is 1. The molecule has 0 unspecified atom stereocenters. The van der Waals surface area contributed by atoms with Gasteiger partial charge in [-0.05, 0) is 29.8 Å². The Hall–Kier alpha value is -3.69. The Balaban J connectivity index is 1.72. The van der Waals surface area contributed by atoms with Crippen LogP contribution in [0.5, 0.6) is 5.75 Å². The zero-order chi connectivity index (χ0) is 19.4. The van der Waals surface area contributed by atoms with E-state index < -0.39 is 11.3 Å². The number of rotatable bonds is 5. The molecule has 0 amide bonds. The van der Waals surface area contributed by atoms with Crippen molar-refractivity contribution in [2.45, 2.75) is 6.36 Å². The number of hydrogen-bond donors (Lipinski definition) is 0. The highest BCUT2D eigenvalue weighted by atomic mass is 19.4. The van der Waals surface area contributed by atoms with Crippen LogP contribution in [0.15, 0.2) is 52.9 Å². The molecule has 27 heavy (non-hydrogen) atoms. The number of aromatic nitrogens is 2. The van der Waals surface area contributed by atoms with Crippen LogP contribution in [-0.4, -0.2) is 21.5 Å². The first-order valence-corrected chi connectivity index (χ1v) is 7.42. The van der Waals surface area contributed by atoms with Gasteiger partial charge < -0.3 is 9.15 Å². The number of nitro groups is 1. The Morgan fingerprint density at radius 1 is 1.07 bits per heavy atom. The molecule has 2 aromatic carbocycles. The lowest BCUT2D eigenvalue weighted by atomic mass is 10.2. The maximum Gasteiger partial charge on any atom is 0.573 e. The van der Waals surface area contributed by atoms with Crippen LogP contribution in [0.4, 0.5) is 18.9 Å². The van der Waals surface area contributed by atoms with Gasteiger partial charge in [-0.25, -0.2) is 0 Å². The third-order valence-corrected chi connectivity index (χ3v) is 3.28. The van der Waals surface area contributed by atoms with Crippen molar-refractivity contribution in [1.29, 1.82) is 0 Å². The van der Waals surface area contributed by atoms with Gasteiger partial charge in [-0.1, -0.05) is 18.2 Å². The number of benzene rings is 2. The maximum absolute atomic E-state index is 12.1. The highest BCUT2D eigenvalue weighted by Crippen LogP contribution is 2.24. The molecule has 10 heteroatoms. The molecule has 0 aliphatic rings. The van der Waals surface area contributed by atoms with E-state index >= 15 is 0 Å². The average molecular weight is 377 g/mol. The van der Waals surface area contributed by atoms with Crippen molar-refractivity contribution < 1.29 is 27.2 Å². The molecule has 3 rings (SSSR count). The third-order valence-electron chi connectivity index (χ3n) is 3.28. The van der Waals surface area contributed by atoms with Gasteiger partial charge in [-0.2, -0.15) is 0 Å². The summed E-state index contributed by atoms with van der Waals surface area (Å²) in [5.41, 5.74) is 0.869. The molecule has 138 valence electrons. The zero-order valence-electron chi connectivity index (χ0n) is 13.4. The molecule has 3 aromatic rings. The molecule has 7 nitrogen and oxygen atoms in total. The van der Waals surface area contributed by atoms with Crippen molar-refractivity contribution in [2.75, 3.05) is 0 Å². The van der Waals surface area contributed by atoms with Gasteiger partial charge in [0.15, 0.2) is 0 Å². The van der Waals surface area contributed by atoms with Crippen molar-refractivity contribution >= 4 is 17.8 Å². The molecule has 0 aliphatic carbocycles. The molecule has 0 N–H and O–H groups in total. The minimum absolute atomic E-state index is 0.104. The van der Waals surface area contributed by atoms with E-state index in [9.17, 15) is 23.3 Å². The van der Waals surface area contributed by atoms with Crippen LogP contribution in [0.1, 0.15) is 11.5 Å². The second-order valence-corrected chi connectivity index (χ2v) is 5.20. The van der Waals surface area contributed by atoms with E-state index in [0.29, 0.717) is 11.1 Å². The number of nitrogens with zero attached hydrogens (tertiary/aromatic N) is 3. The summed E-state index contributed by atoms with van der Waals surface area (Å²) < 4.78 is 45.6. The van der Waals surface area contributed by atoms with Crippen molar-refractivity contribution in [3.63, 3.8) is 0 Å². The highest BCUT2D eigenvalue weighted by Gasteiger charge is 2.30. The molecule has 0 saturated heterocycles. The number of ether oxygens (including phenoxy) is 1. The molecule has 0 spiro atoms. The van der Waals surface area contributed by atoms with Crippen LogP contribution in [0.2, 0.25) is 0 Å². The van der Waals surface area contributed by atoms with Gasteiger partial charge in [0.25, 0.3) is 5.69 Å². The minimum atomic E-state index is -4.75. The lowest BCUT2D eigenvalue weighted by Crippen LogP contribution is -2.16. The largest absolute Gasteiger partial charge is 0.573 e. The maximum atomic E-state index is 12.1. The fourth-order valence-electron chi connectivity index (χ4n) is 2.12.